The summed E-state index contributed by atoms with van der Waals surface area (Å²) in [5, 5.41) is 2.64. The summed E-state index contributed by atoms with van der Waals surface area (Å²) < 4.78 is 57.1. The van der Waals surface area contributed by atoms with Crippen molar-refractivity contribution in [2.24, 2.45) is 0 Å². The highest BCUT2D eigenvalue weighted by Gasteiger charge is 2.39. The van der Waals surface area contributed by atoms with Crippen LogP contribution in [0.2, 0.25) is 0 Å². The fourth-order valence-corrected chi connectivity index (χ4v) is 4.55. The van der Waals surface area contributed by atoms with Crippen LogP contribution >= 0.6 is 0 Å². The number of hydrogen-bond acceptors (Lipinski definition) is 5. The number of ether oxygens (including phenoxy) is 2. The summed E-state index contributed by atoms with van der Waals surface area (Å²) in [6.07, 6.45) is 0.303. The summed E-state index contributed by atoms with van der Waals surface area (Å²) in [6, 6.07) is 3.85. The van der Waals surface area contributed by atoms with Gasteiger partial charge in [0, 0.05) is 5.56 Å². The highest BCUT2D eigenvalue weighted by Crippen LogP contribution is 2.30. The summed E-state index contributed by atoms with van der Waals surface area (Å²) in [4.78, 5) is 12.3. The molecule has 0 unspecified atom stereocenters. The number of hydrogen-bond donors (Lipinski definition) is 1. The minimum atomic E-state index is -3.18. The molecular weight excluding hydrogens is 332 g/mol. The molecule has 0 aromatic heterocycles. The van der Waals surface area contributed by atoms with Crippen LogP contribution in [-0.4, -0.2) is 45.1 Å². The fourth-order valence-electron chi connectivity index (χ4n) is 2.46. The molecule has 128 valence electrons. The number of carbonyl (C=O) groups excluding carboxylic acids is 1. The number of amides is 1. The van der Waals surface area contributed by atoms with Gasteiger partial charge in [0.25, 0.3) is 5.91 Å². The second-order valence-electron chi connectivity index (χ2n) is 5.60. The molecule has 1 heterocycles. The van der Waals surface area contributed by atoms with E-state index in [4.69, 9.17) is 4.74 Å². The van der Waals surface area contributed by atoms with Gasteiger partial charge in [-0.15, -0.1) is 0 Å². The molecule has 1 saturated heterocycles. The topological polar surface area (TPSA) is 81.7 Å². The number of carbonyl (C=O) groups is 1. The molecule has 0 spiro atoms. The Morgan fingerprint density at radius 1 is 1.35 bits per heavy atom. The summed E-state index contributed by atoms with van der Waals surface area (Å²) in [7, 11) is -1.89. The molecule has 1 N–H and O–H groups in total. The third-order valence-corrected chi connectivity index (χ3v) is 5.46. The largest absolute Gasteiger partial charge is 0.493 e. The molecule has 1 amide bonds. The average molecular weight is 349 g/mol. The lowest BCUT2D eigenvalue weighted by Gasteiger charge is -2.24. The first-order valence-corrected chi connectivity index (χ1v) is 8.62. The Labute approximate surface area is 132 Å². The van der Waals surface area contributed by atoms with Crippen molar-refractivity contribution in [3.63, 3.8) is 0 Å². The zero-order valence-corrected chi connectivity index (χ0v) is 13.5. The van der Waals surface area contributed by atoms with Crippen molar-refractivity contribution in [3.05, 3.63) is 23.8 Å². The van der Waals surface area contributed by atoms with Gasteiger partial charge >= 0.3 is 6.61 Å². The molecule has 0 radical (unpaired) electrons. The zero-order valence-electron chi connectivity index (χ0n) is 12.6. The number of sulfone groups is 1. The highest BCUT2D eigenvalue weighted by atomic mass is 32.2. The number of nitrogens with one attached hydrogen (secondary N) is 1. The number of rotatable bonds is 5. The van der Waals surface area contributed by atoms with Crippen LogP contribution < -0.4 is 14.8 Å². The maximum atomic E-state index is 12.4. The Kier molecular flexibility index (Phi) is 4.79. The van der Waals surface area contributed by atoms with Gasteiger partial charge in [0.1, 0.15) is 0 Å². The molecule has 1 atom stereocenters. The standard InChI is InChI=1S/C14H17F2NO5S/c1-14(5-6-23(19,20)8-14)17-12(18)9-3-4-10(21-2)11(7-9)22-13(15)16/h3-4,7,13H,5-6,8H2,1-2H3,(H,17,18)/t14-/m0/s1. The first-order valence-electron chi connectivity index (χ1n) is 6.80. The lowest BCUT2D eigenvalue weighted by atomic mass is 10.0. The van der Waals surface area contributed by atoms with E-state index in [2.05, 4.69) is 10.1 Å². The third kappa shape index (κ3) is 4.31. The minimum Gasteiger partial charge on any atom is -0.493 e. The van der Waals surface area contributed by atoms with Crippen molar-refractivity contribution in [2.45, 2.75) is 25.5 Å². The van der Waals surface area contributed by atoms with E-state index in [0.29, 0.717) is 6.42 Å². The molecule has 23 heavy (non-hydrogen) atoms. The third-order valence-electron chi connectivity index (χ3n) is 3.56. The number of alkyl halides is 2. The first-order chi connectivity index (χ1) is 10.6. The van der Waals surface area contributed by atoms with Crippen LogP contribution in [0.5, 0.6) is 11.5 Å². The molecule has 1 aromatic carbocycles. The monoisotopic (exact) mass is 349 g/mol. The number of benzene rings is 1. The average Bonchev–Trinajstić information content (AvgIpc) is 2.71. The van der Waals surface area contributed by atoms with Gasteiger partial charge < -0.3 is 14.8 Å². The summed E-state index contributed by atoms with van der Waals surface area (Å²) in [5.41, 5.74) is -0.800. The van der Waals surface area contributed by atoms with Crippen molar-refractivity contribution in [2.75, 3.05) is 18.6 Å². The Hall–Kier alpha value is -1.90. The Morgan fingerprint density at radius 3 is 2.57 bits per heavy atom. The van der Waals surface area contributed by atoms with Crippen molar-refractivity contribution >= 4 is 15.7 Å². The van der Waals surface area contributed by atoms with E-state index in [1.165, 1.54) is 19.2 Å². The quantitative estimate of drug-likeness (QED) is 0.873. The predicted octanol–water partition coefficient (Wildman–Crippen LogP) is 1.60. The fraction of sp³-hybridized carbons (Fsp3) is 0.500. The van der Waals surface area contributed by atoms with Gasteiger partial charge in [-0.1, -0.05) is 0 Å². The molecule has 0 bridgehead atoms. The van der Waals surface area contributed by atoms with Crippen molar-refractivity contribution in [3.8, 4) is 11.5 Å². The maximum Gasteiger partial charge on any atom is 0.387 e. The normalized spacial score (nSPS) is 22.8. The summed E-state index contributed by atoms with van der Waals surface area (Å²) in [5.74, 6) is -0.906. The molecule has 6 nitrogen and oxygen atoms in total. The van der Waals surface area contributed by atoms with Crippen LogP contribution in [0.3, 0.4) is 0 Å². The molecule has 9 heteroatoms. The molecule has 1 aliphatic heterocycles. The highest BCUT2D eigenvalue weighted by molar-refractivity contribution is 7.91. The van der Waals surface area contributed by atoms with E-state index in [1.54, 1.807) is 6.92 Å². The van der Waals surface area contributed by atoms with Gasteiger partial charge in [0.2, 0.25) is 0 Å². The second-order valence-corrected chi connectivity index (χ2v) is 7.79. The smallest absolute Gasteiger partial charge is 0.387 e. The Bertz CT molecular complexity index is 707. The van der Waals surface area contributed by atoms with Crippen LogP contribution in [0.1, 0.15) is 23.7 Å². The van der Waals surface area contributed by atoms with Gasteiger partial charge in [-0.3, -0.25) is 4.79 Å². The predicted molar refractivity (Wildman–Crippen MR) is 78.8 cm³/mol. The van der Waals surface area contributed by atoms with Crippen molar-refractivity contribution < 1.29 is 31.5 Å². The summed E-state index contributed by atoms with van der Waals surface area (Å²) >= 11 is 0. The van der Waals surface area contributed by atoms with Gasteiger partial charge in [0.05, 0.1) is 24.2 Å². The van der Waals surface area contributed by atoms with Crippen LogP contribution in [0.15, 0.2) is 18.2 Å². The summed E-state index contributed by atoms with van der Waals surface area (Å²) in [6.45, 7) is -1.42. The molecule has 1 aromatic rings. The second kappa shape index (κ2) is 6.31. The van der Waals surface area contributed by atoms with E-state index in [-0.39, 0.29) is 28.6 Å². The molecule has 1 fully saturated rings. The number of methoxy groups -OCH3 is 1. The number of halogens is 2. The molecule has 2 rings (SSSR count). The van der Waals surface area contributed by atoms with Crippen LogP contribution in [0.4, 0.5) is 8.78 Å². The van der Waals surface area contributed by atoms with E-state index in [0.717, 1.165) is 6.07 Å². The van der Waals surface area contributed by atoms with Gasteiger partial charge in [-0.25, -0.2) is 8.42 Å². The Morgan fingerprint density at radius 2 is 2.04 bits per heavy atom. The van der Waals surface area contributed by atoms with Gasteiger partial charge in [-0.05, 0) is 31.5 Å². The lowest BCUT2D eigenvalue weighted by molar-refractivity contribution is -0.0512. The Balaban J connectivity index is 2.19. The van der Waals surface area contributed by atoms with Crippen LogP contribution in [0.25, 0.3) is 0 Å². The van der Waals surface area contributed by atoms with E-state index in [1.807, 2.05) is 0 Å². The van der Waals surface area contributed by atoms with Crippen molar-refractivity contribution in [1.29, 1.82) is 0 Å². The zero-order chi connectivity index (χ0) is 17.3. The van der Waals surface area contributed by atoms with Crippen molar-refractivity contribution in [1.82, 2.24) is 5.32 Å². The minimum absolute atomic E-state index is 0.00609. The molecular formula is C14H17F2NO5S. The van der Waals surface area contributed by atoms with Gasteiger partial charge in [-0.2, -0.15) is 8.78 Å². The SMILES string of the molecule is COc1ccc(C(=O)N[C@@]2(C)CCS(=O)(=O)C2)cc1OC(F)F. The van der Waals surface area contributed by atoms with E-state index >= 15 is 0 Å². The van der Waals surface area contributed by atoms with Crippen LogP contribution in [-0.2, 0) is 9.84 Å². The first kappa shape index (κ1) is 17.5. The van der Waals surface area contributed by atoms with E-state index < -0.39 is 27.9 Å². The molecule has 0 aliphatic carbocycles. The molecule has 0 saturated carbocycles. The van der Waals surface area contributed by atoms with E-state index in [9.17, 15) is 22.0 Å². The van der Waals surface area contributed by atoms with Crippen LogP contribution in [0, 0.1) is 0 Å². The maximum absolute atomic E-state index is 12.4. The van der Waals surface area contributed by atoms with Gasteiger partial charge in [0.15, 0.2) is 21.3 Å². The lowest BCUT2D eigenvalue weighted by Crippen LogP contribution is -2.46. The molecule has 1 aliphatic rings.